The van der Waals surface area contributed by atoms with E-state index in [9.17, 15) is 8.42 Å². The first-order chi connectivity index (χ1) is 7.15. The summed E-state index contributed by atoms with van der Waals surface area (Å²) >= 11 is 0. The van der Waals surface area contributed by atoms with E-state index in [4.69, 9.17) is 0 Å². The largest absolute Gasteiger partial charge is 0.314 e. The van der Waals surface area contributed by atoms with Crippen LogP contribution in [0.1, 0.15) is 5.56 Å². The van der Waals surface area contributed by atoms with E-state index in [0.29, 0.717) is 12.3 Å². The lowest BCUT2D eigenvalue weighted by molar-refractivity contribution is 0.444. The summed E-state index contributed by atoms with van der Waals surface area (Å²) in [4.78, 5) is 0. The predicted octanol–water partition coefficient (Wildman–Crippen LogP) is 0.325. The number of nitrogens with one attached hydrogen (secondary N) is 1. The van der Waals surface area contributed by atoms with Gasteiger partial charge in [-0.25, -0.2) is 8.42 Å². The molecule has 0 unspecified atom stereocenters. The van der Waals surface area contributed by atoms with Crippen molar-refractivity contribution in [2.45, 2.75) is 10.7 Å². The third-order valence-corrected chi connectivity index (χ3v) is 6.03. The lowest BCUT2D eigenvalue weighted by atomic mass is 9.80. The number of sulfone groups is 1. The predicted molar refractivity (Wildman–Crippen MR) is 58.6 cm³/mol. The fraction of sp³-hybridized carbons (Fsp3) is 0.455. The van der Waals surface area contributed by atoms with Gasteiger partial charge < -0.3 is 5.32 Å². The second-order valence-electron chi connectivity index (χ2n) is 4.45. The minimum atomic E-state index is -2.83. The first-order valence-electron chi connectivity index (χ1n) is 5.13. The molecule has 0 aromatic heterocycles. The quantitative estimate of drug-likeness (QED) is 0.746. The average molecular weight is 223 g/mol. The van der Waals surface area contributed by atoms with Crippen LogP contribution < -0.4 is 5.32 Å². The minimum absolute atomic E-state index is 0.139. The second kappa shape index (κ2) is 2.83. The smallest absolute Gasteiger partial charge is 0.156 e. The van der Waals surface area contributed by atoms with Crippen molar-refractivity contribution in [2.24, 2.45) is 0 Å². The number of rotatable bonds is 1. The lowest BCUT2D eigenvalue weighted by Gasteiger charge is -2.43. The first kappa shape index (κ1) is 9.36. The third kappa shape index (κ3) is 1.12. The van der Waals surface area contributed by atoms with Crippen molar-refractivity contribution >= 4 is 9.84 Å². The van der Waals surface area contributed by atoms with Gasteiger partial charge in [0.1, 0.15) is 0 Å². The highest BCUT2D eigenvalue weighted by Crippen LogP contribution is 2.45. The molecule has 2 aliphatic rings. The fourth-order valence-corrected chi connectivity index (χ4v) is 5.31. The number of fused-ring (bicyclic) bond motifs is 1. The molecule has 2 saturated heterocycles. The molecule has 1 N–H and O–H groups in total. The second-order valence-corrected chi connectivity index (χ2v) is 6.63. The van der Waals surface area contributed by atoms with E-state index in [1.807, 2.05) is 30.3 Å². The van der Waals surface area contributed by atoms with Crippen LogP contribution in [0, 0.1) is 0 Å². The molecule has 2 fully saturated rings. The summed E-state index contributed by atoms with van der Waals surface area (Å²) in [5.41, 5.74) is 1.02. The Balaban J connectivity index is 2.07. The van der Waals surface area contributed by atoms with Crippen molar-refractivity contribution in [3.05, 3.63) is 35.9 Å². The van der Waals surface area contributed by atoms with Crippen LogP contribution in [0.3, 0.4) is 0 Å². The normalized spacial score (nSPS) is 36.9. The number of hydrogen-bond acceptors (Lipinski definition) is 3. The van der Waals surface area contributed by atoms with Gasteiger partial charge in [-0.2, -0.15) is 0 Å². The Morgan fingerprint density at radius 1 is 1.27 bits per heavy atom. The van der Waals surface area contributed by atoms with Gasteiger partial charge in [-0.1, -0.05) is 30.3 Å². The monoisotopic (exact) mass is 223 g/mol. The van der Waals surface area contributed by atoms with E-state index >= 15 is 0 Å². The van der Waals surface area contributed by atoms with Gasteiger partial charge in [-0.15, -0.1) is 0 Å². The molecule has 1 aromatic rings. The molecule has 1 aromatic carbocycles. The minimum Gasteiger partial charge on any atom is -0.314 e. The highest BCUT2D eigenvalue weighted by molar-refractivity contribution is 7.93. The molecule has 0 bridgehead atoms. The molecule has 0 aliphatic carbocycles. The Kier molecular flexibility index (Phi) is 1.77. The van der Waals surface area contributed by atoms with Crippen LogP contribution in [-0.2, 0) is 15.3 Å². The van der Waals surface area contributed by atoms with Crippen LogP contribution in [0.4, 0.5) is 0 Å². The van der Waals surface area contributed by atoms with Crippen molar-refractivity contribution in [2.75, 3.05) is 18.8 Å². The standard InChI is InChI=1S/C11H13NO2S/c13-15(14)8-11(7-12-6-10(11)15)9-4-2-1-3-5-9/h1-5,10,12H,6-8H2/t10-,11-/m1/s1. The van der Waals surface area contributed by atoms with Crippen molar-refractivity contribution in [3.8, 4) is 0 Å². The summed E-state index contributed by atoms with van der Waals surface area (Å²) in [5.74, 6) is 0.307. The molecule has 4 heteroatoms. The summed E-state index contributed by atoms with van der Waals surface area (Å²) in [5, 5.41) is 3.00. The van der Waals surface area contributed by atoms with Crippen molar-refractivity contribution in [1.29, 1.82) is 0 Å². The highest BCUT2D eigenvalue weighted by atomic mass is 32.2. The molecule has 0 saturated carbocycles. The molecular weight excluding hydrogens is 210 g/mol. The summed E-state index contributed by atoms with van der Waals surface area (Å²) in [6.07, 6.45) is 0. The summed E-state index contributed by atoms with van der Waals surface area (Å²) in [6.45, 7) is 1.40. The van der Waals surface area contributed by atoms with Crippen molar-refractivity contribution < 1.29 is 8.42 Å². The summed E-state index contributed by atoms with van der Waals surface area (Å²) < 4.78 is 23.3. The SMILES string of the molecule is O=S1(=O)C[C@@]2(c3ccccc3)CNC[C@H]21. The Morgan fingerprint density at radius 3 is 2.67 bits per heavy atom. The van der Waals surface area contributed by atoms with E-state index in [1.54, 1.807) is 0 Å². The van der Waals surface area contributed by atoms with E-state index in [-0.39, 0.29) is 10.7 Å². The molecule has 0 spiro atoms. The molecule has 0 radical (unpaired) electrons. The van der Waals surface area contributed by atoms with E-state index in [2.05, 4.69) is 5.32 Å². The van der Waals surface area contributed by atoms with Crippen LogP contribution in [-0.4, -0.2) is 32.5 Å². The number of hydrogen-bond donors (Lipinski definition) is 1. The van der Waals surface area contributed by atoms with Gasteiger partial charge in [0.25, 0.3) is 0 Å². The van der Waals surface area contributed by atoms with Gasteiger partial charge in [0.05, 0.1) is 11.0 Å². The lowest BCUT2D eigenvalue weighted by Crippen LogP contribution is -2.59. The maximum atomic E-state index is 11.6. The van der Waals surface area contributed by atoms with Gasteiger partial charge in [-0.05, 0) is 5.56 Å². The van der Waals surface area contributed by atoms with Gasteiger partial charge in [0.15, 0.2) is 9.84 Å². The Labute approximate surface area is 89.4 Å². The third-order valence-electron chi connectivity index (χ3n) is 3.63. The molecule has 15 heavy (non-hydrogen) atoms. The average Bonchev–Trinajstić information content (AvgIpc) is 2.59. The molecule has 80 valence electrons. The van der Waals surface area contributed by atoms with Gasteiger partial charge >= 0.3 is 0 Å². The molecule has 2 atom stereocenters. The Morgan fingerprint density at radius 2 is 2.00 bits per heavy atom. The number of benzene rings is 1. The molecule has 2 aliphatic heterocycles. The maximum absolute atomic E-state index is 11.6. The fourth-order valence-electron chi connectivity index (χ4n) is 2.85. The van der Waals surface area contributed by atoms with Gasteiger partial charge in [0.2, 0.25) is 0 Å². The van der Waals surface area contributed by atoms with Crippen LogP contribution in [0.5, 0.6) is 0 Å². The highest BCUT2D eigenvalue weighted by Gasteiger charge is 2.61. The molecule has 0 amide bonds. The zero-order valence-electron chi connectivity index (χ0n) is 8.31. The van der Waals surface area contributed by atoms with Crippen molar-refractivity contribution in [3.63, 3.8) is 0 Å². The summed E-state index contributed by atoms with van der Waals surface area (Å²) in [6, 6.07) is 9.99. The van der Waals surface area contributed by atoms with Gasteiger partial charge in [-0.3, -0.25) is 0 Å². The van der Waals surface area contributed by atoms with E-state index in [0.717, 1.165) is 12.1 Å². The zero-order chi connectivity index (χ0) is 10.5. The summed E-state index contributed by atoms with van der Waals surface area (Å²) in [7, 11) is -2.83. The van der Waals surface area contributed by atoms with Crippen LogP contribution in [0.25, 0.3) is 0 Å². The van der Waals surface area contributed by atoms with Crippen LogP contribution >= 0.6 is 0 Å². The van der Waals surface area contributed by atoms with Crippen LogP contribution in [0.2, 0.25) is 0 Å². The van der Waals surface area contributed by atoms with Crippen LogP contribution in [0.15, 0.2) is 30.3 Å². The molecular formula is C11H13NO2S. The maximum Gasteiger partial charge on any atom is 0.156 e. The topological polar surface area (TPSA) is 46.2 Å². The molecule has 2 heterocycles. The van der Waals surface area contributed by atoms with Gasteiger partial charge in [0, 0.05) is 18.5 Å². The Bertz CT molecular complexity index is 483. The molecule has 3 rings (SSSR count). The van der Waals surface area contributed by atoms with E-state index in [1.165, 1.54) is 0 Å². The van der Waals surface area contributed by atoms with Crippen molar-refractivity contribution in [1.82, 2.24) is 5.32 Å². The van der Waals surface area contributed by atoms with E-state index < -0.39 is 9.84 Å². The zero-order valence-corrected chi connectivity index (χ0v) is 9.13. The molecule has 3 nitrogen and oxygen atoms in total. The Hall–Kier alpha value is -0.870. The first-order valence-corrected chi connectivity index (χ1v) is 6.84.